The number of nitrogens with one attached hydrogen (secondary N) is 2. The molecule has 1 saturated carbocycles. The van der Waals surface area contributed by atoms with E-state index in [4.69, 9.17) is 4.74 Å². The predicted molar refractivity (Wildman–Crippen MR) is 96.7 cm³/mol. The van der Waals surface area contributed by atoms with E-state index in [1.807, 2.05) is 6.07 Å². The smallest absolute Gasteiger partial charge is 0.223 e. The first kappa shape index (κ1) is 16.1. The molecule has 0 bridgehead atoms. The van der Waals surface area contributed by atoms with Crippen molar-refractivity contribution < 1.29 is 4.74 Å². The van der Waals surface area contributed by atoms with Crippen LogP contribution in [0.5, 0.6) is 5.88 Å². The monoisotopic (exact) mass is 337 g/mol. The van der Waals surface area contributed by atoms with Gasteiger partial charge in [0, 0.05) is 29.6 Å². The Labute approximate surface area is 147 Å². The van der Waals surface area contributed by atoms with E-state index < -0.39 is 0 Å². The maximum Gasteiger partial charge on any atom is 0.223 e. The van der Waals surface area contributed by atoms with E-state index in [1.165, 1.54) is 19.3 Å². The molecule has 1 saturated heterocycles. The molecule has 1 aliphatic carbocycles. The second kappa shape index (κ2) is 7.24. The molecule has 2 aromatic heterocycles. The van der Waals surface area contributed by atoms with Crippen LogP contribution in [0, 0.1) is 11.3 Å². The maximum atomic E-state index is 9.25. The Morgan fingerprint density at radius 2 is 2.08 bits per heavy atom. The van der Waals surface area contributed by atoms with E-state index in [9.17, 15) is 5.26 Å². The van der Waals surface area contributed by atoms with Gasteiger partial charge in [-0.15, -0.1) is 0 Å². The van der Waals surface area contributed by atoms with Gasteiger partial charge >= 0.3 is 0 Å². The SMILES string of the molecule is N#Cc1cc2cnc(N[C@H]3CCCNC3)cc2c(OC2CCCC2)n1. The van der Waals surface area contributed by atoms with Crippen LogP contribution in [0.4, 0.5) is 5.82 Å². The third kappa shape index (κ3) is 3.67. The van der Waals surface area contributed by atoms with Crippen molar-refractivity contribution in [2.24, 2.45) is 0 Å². The summed E-state index contributed by atoms with van der Waals surface area (Å²) in [7, 11) is 0. The van der Waals surface area contributed by atoms with Gasteiger partial charge in [0.15, 0.2) is 0 Å². The number of aromatic nitrogens is 2. The lowest BCUT2D eigenvalue weighted by Gasteiger charge is -2.24. The third-order valence-electron chi connectivity index (χ3n) is 5.02. The molecule has 3 heterocycles. The van der Waals surface area contributed by atoms with Crippen LogP contribution in [0.25, 0.3) is 10.8 Å². The van der Waals surface area contributed by atoms with E-state index in [0.29, 0.717) is 17.6 Å². The topological polar surface area (TPSA) is 82.9 Å². The zero-order valence-electron chi connectivity index (χ0n) is 14.3. The summed E-state index contributed by atoms with van der Waals surface area (Å²) in [5.41, 5.74) is 0.375. The second-order valence-corrected chi connectivity index (χ2v) is 6.93. The molecular weight excluding hydrogens is 314 g/mol. The average molecular weight is 337 g/mol. The van der Waals surface area contributed by atoms with Gasteiger partial charge in [0.25, 0.3) is 0 Å². The molecule has 1 aliphatic heterocycles. The fourth-order valence-corrected chi connectivity index (χ4v) is 3.69. The van der Waals surface area contributed by atoms with Crippen molar-refractivity contribution in [1.82, 2.24) is 15.3 Å². The molecule has 0 aromatic carbocycles. The normalized spacial score (nSPS) is 21.2. The van der Waals surface area contributed by atoms with E-state index >= 15 is 0 Å². The fraction of sp³-hybridized carbons (Fsp3) is 0.526. The molecule has 0 radical (unpaired) electrons. The molecule has 0 spiro atoms. The summed E-state index contributed by atoms with van der Waals surface area (Å²) >= 11 is 0. The molecule has 0 amide bonds. The van der Waals surface area contributed by atoms with Crippen LogP contribution in [-0.4, -0.2) is 35.2 Å². The van der Waals surface area contributed by atoms with Gasteiger partial charge in [-0.1, -0.05) is 0 Å². The summed E-state index contributed by atoms with van der Waals surface area (Å²) in [5, 5.41) is 18.0. The highest BCUT2D eigenvalue weighted by Crippen LogP contribution is 2.30. The molecule has 2 aromatic rings. The quantitative estimate of drug-likeness (QED) is 0.892. The number of anilines is 1. The molecule has 4 rings (SSSR count). The average Bonchev–Trinajstić information content (AvgIpc) is 3.16. The first-order valence-corrected chi connectivity index (χ1v) is 9.16. The minimum absolute atomic E-state index is 0.205. The molecule has 2 N–H and O–H groups in total. The number of rotatable bonds is 4. The first-order chi connectivity index (χ1) is 12.3. The molecule has 130 valence electrons. The largest absolute Gasteiger partial charge is 0.474 e. The summed E-state index contributed by atoms with van der Waals surface area (Å²) < 4.78 is 6.15. The number of piperidine rings is 1. The lowest BCUT2D eigenvalue weighted by Crippen LogP contribution is -2.38. The summed E-state index contributed by atoms with van der Waals surface area (Å²) in [6, 6.07) is 6.29. The lowest BCUT2D eigenvalue weighted by molar-refractivity contribution is 0.204. The van der Waals surface area contributed by atoms with Gasteiger partial charge in [-0.2, -0.15) is 5.26 Å². The highest BCUT2D eigenvalue weighted by Gasteiger charge is 2.20. The Kier molecular flexibility index (Phi) is 4.66. The number of nitriles is 1. The Morgan fingerprint density at radius 1 is 1.20 bits per heavy atom. The van der Waals surface area contributed by atoms with Gasteiger partial charge in [-0.05, 0) is 57.2 Å². The number of ether oxygens (including phenoxy) is 1. The van der Waals surface area contributed by atoms with Crippen molar-refractivity contribution in [2.45, 2.75) is 50.7 Å². The molecule has 2 fully saturated rings. The number of pyridine rings is 2. The first-order valence-electron chi connectivity index (χ1n) is 9.16. The van der Waals surface area contributed by atoms with Crippen molar-refractivity contribution in [3.8, 4) is 11.9 Å². The van der Waals surface area contributed by atoms with E-state index in [2.05, 4.69) is 26.7 Å². The van der Waals surface area contributed by atoms with Crippen LogP contribution < -0.4 is 15.4 Å². The van der Waals surface area contributed by atoms with E-state index in [0.717, 1.165) is 48.9 Å². The van der Waals surface area contributed by atoms with E-state index in [1.54, 1.807) is 12.3 Å². The highest BCUT2D eigenvalue weighted by atomic mass is 16.5. The van der Waals surface area contributed by atoms with Gasteiger partial charge < -0.3 is 15.4 Å². The molecule has 6 heteroatoms. The van der Waals surface area contributed by atoms with E-state index in [-0.39, 0.29) is 6.10 Å². The van der Waals surface area contributed by atoms with Gasteiger partial charge in [0.05, 0.1) is 0 Å². The van der Waals surface area contributed by atoms with Crippen molar-refractivity contribution in [3.63, 3.8) is 0 Å². The Morgan fingerprint density at radius 3 is 2.84 bits per heavy atom. The van der Waals surface area contributed by atoms with Crippen molar-refractivity contribution >= 4 is 16.6 Å². The summed E-state index contributed by atoms with van der Waals surface area (Å²) in [5.74, 6) is 1.40. The third-order valence-corrected chi connectivity index (χ3v) is 5.02. The Bertz CT molecular complexity index is 788. The summed E-state index contributed by atoms with van der Waals surface area (Å²) in [4.78, 5) is 8.94. The fourth-order valence-electron chi connectivity index (χ4n) is 3.69. The molecule has 2 aliphatic rings. The summed E-state index contributed by atoms with van der Waals surface area (Å²) in [6.45, 7) is 2.04. The second-order valence-electron chi connectivity index (χ2n) is 6.93. The Balaban J connectivity index is 1.65. The number of nitrogens with zero attached hydrogens (tertiary/aromatic N) is 3. The van der Waals surface area contributed by atoms with Gasteiger partial charge in [-0.25, -0.2) is 9.97 Å². The van der Waals surface area contributed by atoms with Crippen molar-refractivity contribution in [3.05, 3.63) is 24.0 Å². The number of fused-ring (bicyclic) bond motifs is 1. The zero-order chi connectivity index (χ0) is 17.1. The Hall–Kier alpha value is -2.39. The predicted octanol–water partition coefficient (Wildman–Crippen LogP) is 2.99. The van der Waals surface area contributed by atoms with Crippen LogP contribution in [0.15, 0.2) is 18.3 Å². The van der Waals surface area contributed by atoms with Crippen molar-refractivity contribution in [1.29, 1.82) is 5.26 Å². The standard InChI is InChI=1S/C19H23N5O/c20-10-15-8-13-11-22-18(23-14-4-3-7-21-12-14)9-17(13)19(24-15)25-16-5-1-2-6-16/h8-9,11,14,16,21H,1-7,12H2,(H,22,23)/t14-/m0/s1. The van der Waals surface area contributed by atoms with Crippen LogP contribution in [0.3, 0.4) is 0 Å². The lowest BCUT2D eigenvalue weighted by atomic mass is 10.1. The van der Waals surface area contributed by atoms with Gasteiger partial charge in [0.2, 0.25) is 5.88 Å². The highest BCUT2D eigenvalue weighted by molar-refractivity contribution is 5.89. The van der Waals surface area contributed by atoms with Crippen LogP contribution >= 0.6 is 0 Å². The molecule has 25 heavy (non-hydrogen) atoms. The van der Waals surface area contributed by atoms with Crippen LogP contribution in [-0.2, 0) is 0 Å². The molecule has 1 atom stereocenters. The number of hydrogen-bond donors (Lipinski definition) is 2. The zero-order valence-corrected chi connectivity index (χ0v) is 14.3. The van der Waals surface area contributed by atoms with Crippen LogP contribution in [0.1, 0.15) is 44.2 Å². The van der Waals surface area contributed by atoms with Gasteiger partial charge in [-0.3, -0.25) is 0 Å². The van der Waals surface area contributed by atoms with Crippen LogP contribution in [0.2, 0.25) is 0 Å². The summed E-state index contributed by atoms with van der Waals surface area (Å²) in [6.07, 6.45) is 8.84. The maximum absolute atomic E-state index is 9.25. The number of hydrogen-bond acceptors (Lipinski definition) is 6. The molecule has 6 nitrogen and oxygen atoms in total. The van der Waals surface area contributed by atoms with Crippen molar-refractivity contribution in [2.75, 3.05) is 18.4 Å². The molecular formula is C19H23N5O. The minimum Gasteiger partial charge on any atom is -0.474 e. The van der Waals surface area contributed by atoms with Gasteiger partial charge in [0.1, 0.15) is 23.7 Å². The molecule has 0 unspecified atom stereocenters. The minimum atomic E-state index is 0.205.